The number of carbonyl (C=O) groups excluding carboxylic acids is 2. The Kier molecular flexibility index (Phi) is 10.3. The summed E-state index contributed by atoms with van der Waals surface area (Å²) in [4.78, 5) is 45.1. The molecule has 0 bridgehead atoms. The number of fused-ring (bicyclic) bond motifs is 1. The van der Waals surface area contributed by atoms with Gasteiger partial charge in [0.1, 0.15) is 11.5 Å². The van der Waals surface area contributed by atoms with Crippen LogP contribution in [0.25, 0.3) is 27.6 Å². The number of anilines is 1. The molecule has 1 aromatic carbocycles. The zero-order valence-electron chi connectivity index (χ0n) is 30.6. The van der Waals surface area contributed by atoms with Gasteiger partial charge in [0.05, 0.1) is 18.3 Å². The number of halogens is 2. The number of hydrogen-bond acceptors (Lipinski definition) is 7. The molecular weight excluding hydrogens is 678 g/mol. The molecule has 2 amide bonds. The van der Waals surface area contributed by atoms with Crippen molar-refractivity contribution in [3.8, 4) is 16.9 Å². The molecule has 53 heavy (non-hydrogen) atoms. The van der Waals surface area contributed by atoms with Gasteiger partial charge in [0.25, 0.3) is 5.91 Å². The van der Waals surface area contributed by atoms with Crippen LogP contribution in [-0.2, 0) is 24.2 Å². The predicted molar refractivity (Wildman–Crippen MR) is 200 cm³/mol. The molecule has 11 nitrogen and oxygen atoms in total. The highest BCUT2D eigenvalue weighted by Crippen LogP contribution is 2.38. The fourth-order valence-electron chi connectivity index (χ4n) is 7.28. The van der Waals surface area contributed by atoms with E-state index in [1.54, 1.807) is 33.7 Å². The van der Waals surface area contributed by atoms with Crippen molar-refractivity contribution in [3.63, 3.8) is 0 Å². The lowest BCUT2D eigenvalue weighted by molar-refractivity contribution is -0.131. The third-order valence-electron chi connectivity index (χ3n) is 10.3. The molecule has 276 valence electrons. The predicted octanol–water partition coefficient (Wildman–Crippen LogP) is 6.21. The monoisotopic (exact) mass is 722 g/mol. The Morgan fingerprint density at radius 1 is 0.962 bits per heavy atom. The van der Waals surface area contributed by atoms with Gasteiger partial charge in [-0.25, -0.2) is 13.8 Å². The number of hydrogen-bond donors (Lipinski definition) is 1. The molecule has 13 heteroatoms. The van der Waals surface area contributed by atoms with E-state index in [0.29, 0.717) is 74.6 Å². The summed E-state index contributed by atoms with van der Waals surface area (Å²) in [6.45, 7) is 8.74. The number of aryl methyl sites for hydroxylation is 4. The van der Waals surface area contributed by atoms with E-state index in [4.69, 9.17) is 9.72 Å². The molecule has 1 fully saturated rings. The summed E-state index contributed by atoms with van der Waals surface area (Å²) in [5.41, 5.74) is 5.60. The fourth-order valence-corrected chi connectivity index (χ4v) is 7.28. The molecule has 7 rings (SSSR count). The quantitative estimate of drug-likeness (QED) is 0.183. The first-order valence-corrected chi connectivity index (χ1v) is 18.2. The van der Waals surface area contributed by atoms with Crippen LogP contribution >= 0.6 is 0 Å². The lowest BCUT2D eigenvalue weighted by atomic mass is 9.91. The highest BCUT2D eigenvalue weighted by atomic mass is 19.1. The largest absolute Gasteiger partial charge is 0.493 e. The molecule has 1 saturated heterocycles. The molecule has 5 aromatic rings. The first kappa shape index (κ1) is 35.8. The van der Waals surface area contributed by atoms with Gasteiger partial charge in [0, 0.05) is 99.1 Å². The Morgan fingerprint density at radius 2 is 1.77 bits per heavy atom. The lowest BCUT2D eigenvalue weighted by Gasteiger charge is -2.35. The smallest absolute Gasteiger partial charge is 0.270 e. The van der Waals surface area contributed by atoms with Crippen molar-refractivity contribution >= 4 is 34.1 Å². The minimum atomic E-state index is -0.467. The van der Waals surface area contributed by atoms with Crippen molar-refractivity contribution in [2.75, 3.05) is 51.3 Å². The summed E-state index contributed by atoms with van der Waals surface area (Å²) < 4.78 is 38.1. The van der Waals surface area contributed by atoms with E-state index >= 15 is 4.39 Å². The van der Waals surface area contributed by atoms with Gasteiger partial charge in [-0.05, 0) is 67.2 Å². The molecular formula is C40H44F2N8O3. The Bertz CT molecular complexity index is 2190. The number of ether oxygens (including phenoxy) is 1. The number of pyridine rings is 2. The molecule has 4 aromatic heterocycles. The van der Waals surface area contributed by atoms with Crippen LogP contribution in [0.3, 0.4) is 0 Å². The first-order chi connectivity index (χ1) is 25.7. The fraction of sp³-hybridized carbons (Fsp3) is 0.375. The van der Waals surface area contributed by atoms with Crippen LogP contribution in [0.1, 0.15) is 59.7 Å². The van der Waals surface area contributed by atoms with Gasteiger partial charge >= 0.3 is 0 Å². The number of nitrogens with zero attached hydrogens (tertiary/aromatic N) is 7. The van der Waals surface area contributed by atoms with Gasteiger partial charge in [0.2, 0.25) is 5.91 Å². The average molecular weight is 723 g/mol. The molecule has 1 N–H and O–H groups in total. The average Bonchev–Trinajstić information content (AvgIpc) is 3.89. The number of rotatable bonds is 10. The highest BCUT2D eigenvalue weighted by Gasteiger charge is 2.29. The van der Waals surface area contributed by atoms with Crippen LogP contribution in [0, 0.1) is 18.6 Å². The Morgan fingerprint density at radius 3 is 2.49 bits per heavy atom. The maximum atomic E-state index is 16.8. The summed E-state index contributed by atoms with van der Waals surface area (Å²) in [6.07, 6.45) is 9.79. The second-order valence-corrected chi connectivity index (χ2v) is 13.5. The van der Waals surface area contributed by atoms with Gasteiger partial charge in [-0.15, -0.1) is 0 Å². The molecule has 6 heterocycles. The number of nitrogens with one attached hydrogen (secondary N) is 1. The molecule has 0 unspecified atom stereocenters. The Labute approximate surface area is 307 Å². The maximum absolute atomic E-state index is 16.8. The van der Waals surface area contributed by atoms with Crippen LogP contribution in [0.5, 0.6) is 5.75 Å². The van der Waals surface area contributed by atoms with Crippen LogP contribution in [0.2, 0.25) is 0 Å². The number of benzene rings is 1. The summed E-state index contributed by atoms with van der Waals surface area (Å²) in [6, 6.07) is 8.85. The van der Waals surface area contributed by atoms with Crippen molar-refractivity contribution in [3.05, 3.63) is 94.8 Å². The van der Waals surface area contributed by atoms with E-state index in [2.05, 4.69) is 35.0 Å². The summed E-state index contributed by atoms with van der Waals surface area (Å²) in [5.74, 6) is -0.298. The van der Waals surface area contributed by atoms with Crippen molar-refractivity contribution in [2.45, 2.75) is 53.0 Å². The normalized spacial score (nSPS) is 14.9. The second-order valence-electron chi connectivity index (χ2n) is 13.5. The molecule has 0 aliphatic carbocycles. The van der Waals surface area contributed by atoms with Crippen LogP contribution in [0.4, 0.5) is 14.6 Å². The zero-order valence-corrected chi connectivity index (χ0v) is 30.6. The third-order valence-corrected chi connectivity index (χ3v) is 10.3. The van der Waals surface area contributed by atoms with E-state index < -0.39 is 11.6 Å². The third kappa shape index (κ3) is 7.12. The maximum Gasteiger partial charge on any atom is 0.270 e. The van der Waals surface area contributed by atoms with Crippen molar-refractivity contribution in [2.24, 2.45) is 0 Å². The first-order valence-electron chi connectivity index (χ1n) is 18.2. The van der Waals surface area contributed by atoms with Gasteiger partial charge in [-0.1, -0.05) is 19.9 Å². The molecule has 0 atom stereocenters. The Balaban J connectivity index is 1.20. The highest BCUT2D eigenvalue weighted by molar-refractivity contribution is 6.05. The molecule has 2 aliphatic heterocycles. The van der Waals surface area contributed by atoms with Gasteiger partial charge in [0.15, 0.2) is 17.4 Å². The Hall–Kier alpha value is -5.59. The number of aromatic nitrogens is 5. The number of methoxy groups -OCH3 is 1. The van der Waals surface area contributed by atoms with E-state index in [9.17, 15) is 14.0 Å². The molecule has 0 saturated carbocycles. The molecule has 0 radical (unpaired) electrons. The molecule has 2 aliphatic rings. The standard InChI is InChI=1S/C40H44F2N8O3/c1-5-26-19-28(6-2)43-23-32(26)30-20-29(27-9-7-12-49(24-27)36(51)10-14-50-13-8-11-44-50)37(42)38-31(30)21-34(46-38)40(52)48-17-15-47(16-18-48)39-35(53-4)22-33(41)25(3)45-39/h8-9,11,13,19-23,46H,5-7,10,12,14-18,24H2,1-4H3. The number of H-pyrrole nitrogens is 1. The van der Waals surface area contributed by atoms with Crippen molar-refractivity contribution in [1.82, 2.24) is 34.5 Å². The van der Waals surface area contributed by atoms with Crippen molar-refractivity contribution in [1.29, 1.82) is 0 Å². The minimum absolute atomic E-state index is 0.0166. The summed E-state index contributed by atoms with van der Waals surface area (Å²) >= 11 is 0. The topological polar surface area (TPSA) is 112 Å². The van der Waals surface area contributed by atoms with E-state index in [-0.39, 0.29) is 35.3 Å². The summed E-state index contributed by atoms with van der Waals surface area (Å²) in [5, 5.41) is 4.79. The summed E-state index contributed by atoms with van der Waals surface area (Å²) in [7, 11) is 1.48. The van der Waals surface area contributed by atoms with E-state index in [1.165, 1.54) is 13.2 Å². The minimum Gasteiger partial charge on any atom is -0.493 e. The zero-order chi connectivity index (χ0) is 37.2. The number of carbonyl (C=O) groups is 2. The van der Waals surface area contributed by atoms with Crippen molar-refractivity contribution < 1.29 is 23.1 Å². The second kappa shape index (κ2) is 15.2. The van der Waals surface area contributed by atoms with Gasteiger partial charge in [-0.2, -0.15) is 5.10 Å². The lowest BCUT2D eigenvalue weighted by Crippen LogP contribution is -2.49. The van der Waals surface area contributed by atoms with Crippen LogP contribution in [0.15, 0.2) is 55.0 Å². The van der Waals surface area contributed by atoms with Crippen LogP contribution < -0.4 is 9.64 Å². The molecule has 0 spiro atoms. The number of piperazine rings is 1. The van der Waals surface area contributed by atoms with E-state index in [1.807, 2.05) is 35.5 Å². The van der Waals surface area contributed by atoms with E-state index in [0.717, 1.165) is 40.8 Å². The van der Waals surface area contributed by atoms with Gasteiger partial charge < -0.3 is 24.4 Å². The number of aromatic amines is 1. The SMILES string of the molecule is CCc1cc(CC)c(-c2cc(C3=CCCN(C(=O)CCn4cccn4)C3)c(F)c3[nH]c(C(=O)N4CCN(c5nc(C)c(F)cc5OC)CC4)cc23)cn1. The number of amides is 2. The van der Waals surface area contributed by atoms with Gasteiger partial charge in [-0.3, -0.25) is 19.3 Å². The van der Waals surface area contributed by atoms with Crippen LogP contribution in [-0.4, -0.2) is 92.7 Å².